The standard InChI is InChI=1S/C19H20N2O6S/c1-12-8-9-16(26-3)14(10-12)20-19(23)13(2)27-18(22)11-28-17-7-5-4-6-15(17)21(24)25/h4-10,13H,11H2,1-3H3,(H,20,23)/t13-/m1/s1. The number of nitro benzene ring substituents is 1. The molecule has 2 rings (SSSR count). The second-order valence-electron chi connectivity index (χ2n) is 5.84. The highest BCUT2D eigenvalue weighted by Crippen LogP contribution is 2.29. The van der Waals surface area contributed by atoms with E-state index in [4.69, 9.17) is 9.47 Å². The zero-order chi connectivity index (χ0) is 20.7. The molecule has 0 unspecified atom stereocenters. The molecule has 0 aliphatic carbocycles. The molecule has 0 fully saturated rings. The van der Waals surface area contributed by atoms with Crippen molar-refractivity contribution >= 4 is 35.0 Å². The lowest BCUT2D eigenvalue weighted by Crippen LogP contribution is -2.30. The smallest absolute Gasteiger partial charge is 0.317 e. The molecule has 1 amide bonds. The van der Waals surface area contributed by atoms with E-state index < -0.39 is 22.9 Å². The van der Waals surface area contributed by atoms with E-state index in [1.54, 1.807) is 30.3 Å². The van der Waals surface area contributed by atoms with E-state index in [-0.39, 0.29) is 11.4 Å². The van der Waals surface area contributed by atoms with Crippen LogP contribution in [0.4, 0.5) is 11.4 Å². The van der Waals surface area contributed by atoms with Gasteiger partial charge < -0.3 is 14.8 Å². The third-order valence-corrected chi connectivity index (χ3v) is 4.73. The van der Waals surface area contributed by atoms with Gasteiger partial charge in [-0.3, -0.25) is 19.7 Å². The third-order valence-electron chi connectivity index (χ3n) is 3.70. The molecular formula is C19H20N2O6S. The van der Waals surface area contributed by atoms with Gasteiger partial charge in [-0.1, -0.05) is 18.2 Å². The van der Waals surface area contributed by atoms with Gasteiger partial charge in [0.25, 0.3) is 11.6 Å². The average molecular weight is 404 g/mol. The van der Waals surface area contributed by atoms with E-state index >= 15 is 0 Å². The predicted octanol–water partition coefficient (Wildman–Crippen LogP) is 3.57. The number of anilines is 1. The van der Waals surface area contributed by atoms with Crippen LogP contribution in [0.3, 0.4) is 0 Å². The van der Waals surface area contributed by atoms with Crippen molar-refractivity contribution in [3.8, 4) is 5.75 Å². The Balaban J connectivity index is 1.93. The largest absolute Gasteiger partial charge is 0.495 e. The fourth-order valence-electron chi connectivity index (χ4n) is 2.31. The maximum Gasteiger partial charge on any atom is 0.317 e. The number of nitro groups is 1. The number of carbonyl (C=O) groups excluding carboxylic acids is 2. The van der Waals surface area contributed by atoms with Gasteiger partial charge >= 0.3 is 5.97 Å². The van der Waals surface area contributed by atoms with Gasteiger partial charge in [-0.25, -0.2) is 0 Å². The lowest BCUT2D eigenvalue weighted by Gasteiger charge is -2.15. The summed E-state index contributed by atoms with van der Waals surface area (Å²) >= 11 is 0.981. The van der Waals surface area contributed by atoms with Gasteiger partial charge in [0, 0.05) is 6.07 Å². The molecule has 2 aromatic carbocycles. The summed E-state index contributed by atoms with van der Waals surface area (Å²) in [5, 5.41) is 13.7. The van der Waals surface area contributed by atoms with Crippen LogP contribution in [0.1, 0.15) is 12.5 Å². The minimum atomic E-state index is -1.04. The van der Waals surface area contributed by atoms with E-state index in [0.29, 0.717) is 16.3 Å². The number of benzene rings is 2. The van der Waals surface area contributed by atoms with Crippen molar-refractivity contribution in [1.29, 1.82) is 0 Å². The summed E-state index contributed by atoms with van der Waals surface area (Å²) in [6.45, 7) is 3.32. The van der Waals surface area contributed by atoms with Crippen molar-refractivity contribution in [1.82, 2.24) is 0 Å². The van der Waals surface area contributed by atoms with Crippen molar-refractivity contribution < 1.29 is 24.0 Å². The number of amides is 1. The van der Waals surface area contributed by atoms with Crippen LogP contribution in [-0.4, -0.2) is 35.8 Å². The normalized spacial score (nSPS) is 11.4. The van der Waals surface area contributed by atoms with Gasteiger partial charge in [0.05, 0.1) is 28.4 Å². The quantitative estimate of drug-likeness (QED) is 0.310. The number of ether oxygens (including phenoxy) is 2. The number of nitrogens with zero attached hydrogens (tertiary/aromatic N) is 1. The second-order valence-corrected chi connectivity index (χ2v) is 6.86. The molecule has 0 saturated carbocycles. The number of para-hydroxylation sites is 1. The van der Waals surface area contributed by atoms with Gasteiger partial charge in [0.2, 0.25) is 0 Å². The fourth-order valence-corrected chi connectivity index (χ4v) is 3.11. The van der Waals surface area contributed by atoms with Crippen LogP contribution in [0.25, 0.3) is 0 Å². The van der Waals surface area contributed by atoms with Gasteiger partial charge in [0.1, 0.15) is 5.75 Å². The minimum absolute atomic E-state index is 0.0855. The maximum atomic E-state index is 12.3. The lowest BCUT2D eigenvalue weighted by atomic mass is 10.2. The summed E-state index contributed by atoms with van der Waals surface area (Å²) < 4.78 is 10.3. The summed E-state index contributed by atoms with van der Waals surface area (Å²) in [4.78, 5) is 35.2. The predicted molar refractivity (Wildman–Crippen MR) is 106 cm³/mol. The van der Waals surface area contributed by atoms with Crippen LogP contribution in [0.2, 0.25) is 0 Å². The molecule has 0 radical (unpaired) electrons. The van der Waals surface area contributed by atoms with Crippen LogP contribution in [-0.2, 0) is 14.3 Å². The molecule has 1 atom stereocenters. The van der Waals surface area contributed by atoms with Crippen molar-refractivity contribution in [2.75, 3.05) is 18.2 Å². The number of nitrogens with one attached hydrogen (secondary N) is 1. The number of hydrogen-bond acceptors (Lipinski definition) is 7. The summed E-state index contributed by atoms with van der Waals surface area (Å²) in [7, 11) is 1.49. The molecule has 148 valence electrons. The second kappa shape index (κ2) is 9.75. The topological polar surface area (TPSA) is 108 Å². The molecule has 0 aliphatic rings. The summed E-state index contributed by atoms with van der Waals surface area (Å²) in [6.07, 6.45) is -1.04. The van der Waals surface area contributed by atoms with Crippen LogP contribution >= 0.6 is 11.8 Å². The zero-order valence-electron chi connectivity index (χ0n) is 15.6. The van der Waals surface area contributed by atoms with Crippen molar-refractivity contribution in [2.24, 2.45) is 0 Å². The number of aryl methyl sites for hydroxylation is 1. The average Bonchev–Trinajstić information content (AvgIpc) is 2.66. The summed E-state index contributed by atoms with van der Waals surface area (Å²) in [5.74, 6) is -0.824. The molecule has 0 aromatic heterocycles. The molecule has 0 aliphatic heterocycles. The van der Waals surface area contributed by atoms with Crippen LogP contribution < -0.4 is 10.1 Å². The fraction of sp³-hybridized carbons (Fsp3) is 0.263. The van der Waals surface area contributed by atoms with Gasteiger partial charge in [-0.15, -0.1) is 11.8 Å². The number of carbonyl (C=O) groups is 2. The van der Waals surface area contributed by atoms with Crippen LogP contribution in [0, 0.1) is 17.0 Å². The number of thioether (sulfide) groups is 1. The molecule has 0 bridgehead atoms. The first-order valence-electron chi connectivity index (χ1n) is 8.33. The Hall–Kier alpha value is -3.07. The number of hydrogen-bond donors (Lipinski definition) is 1. The number of methoxy groups -OCH3 is 1. The van der Waals surface area contributed by atoms with E-state index in [1.165, 1.54) is 20.1 Å². The lowest BCUT2D eigenvalue weighted by molar-refractivity contribution is -0.387. The van der Waals surface area contributed by atoms with Gasteiger partial charge in [-0.05, 0) is 37.6 Å². The first kappa shape index (κ1) is 21.2. The Morgan fingerprint density at radius 1 is 1.25 bits per heavy atom. The molecule has 9 heteroatoms. The molecule has 8 nitrogen and oxygen atoms in total. The Morgan fingerprint density at radius 2 is 1.96 bits per heavy atom. The van der Waals surface area contributed by atoms with E-state index in [1.807, 2.05) is 13.0 Å². The summed E-state index contributed by atoms with van der Waals surface area (Å²) in [6, 6.07) is 11.4. The van der Waals surface area contributed by atoms with Gasteiger partial charge in [-0.2, -0.15) is 0 Å². The first-order chi connectivity index (χ1) is 13.3. The first-order valence-corrected chi connectivity index (χ1v) is 9.31. The highest BCUT2D eigenvalue weighted by atomic mass is 32.2. The van der Waals surface area contributed by atoms with Crippen molar-refractivity contribution in [2.45, 2.75) is 24.8 Å². The van der Waals surface area contributed by atoms with Crippen molar-refractivity contribution in [3.63, 3.8) is 0 Å². The zero-order valence-corrected chi connectivity index (χ0v) is 16.4. The van der Waals surface area contributed by atoms with Gasteiger partial charge in [0.15, 0.2) is 6.10 Å². The Kier molecular flexibility index (Phi) is 7.39. The van der Waals surface area contributed by atoms with Crippen LogP contribution in [0.15, 0.2) is 47.4 Å². The maximum absolute atomic E-state index is 12.3. The van der Waals surface area contributed by atoms with E-state index in [9.17, 15) is 19.7 Å². The van der Waals surface area contributed by atoms with E-state index in [0.717, 1.165) is 17.3 Å². The molecule has 28 heavy (non-hydrogen) atoms. The monoisotopic (exact) mass is 404 g/mol. The Bertz CT molecular complexity index is 886. The Morgan fingerprint density at radius 3 is 2.64 bits per heavy atom. The Labute approximate surface area is 166 Å². The minimum Gasteiger partial charge on any atom is -0.495 e. The summed E-state index contributed by atoms with van der Waals surface area (Å²) in [5.41, 5.74) is 1.32. The van der Waals surface area contributed by atoms with Crippen LogP contribution in [0.5, 0.6) is 5.75 Å². The molecule has 1 N–H and O–H groups in total. The number of rotatable bonds is 8. The van der Waals surface area contributed by atoms with E-state index in [2.05, 4.69) is 5.32 Å². The highest BCUT2D eigenvalue weighted by Gasteiger charge is 2.21. The number of esters is 1. The molecule has 0 saturated heterocycles. The molecule has 0 spiro atoms. The third kappa shape index (κ3) is 5.71. The molecule has 0 heterocycles. The molecular weight excluding hydrogens is 384 g/mol. The SMILES string of the molecule is COc1ccc(C)cc1NC(=O)[C@@H](C)OC(=O)CSc1ccccc1[N+](=O)[O-]. The highest BCUT2D eigenvalue weighted by molar-refractivity contribution is 8.00. The molecule has 2 aromatic rings. The van der Waals surface area contributed by atoms with Crippen molar-refractivity contribution in [3.05, 3.63) is 58.1 Å².